The van der Waals surface area contributed by atoms with Crippen molar-refractivity contribution in [2.45, 2.75) is 19.4 Å². The second-order valence-corrected chi connectivity index (χ2v) is 3.78. The highest BCUT2D eigenvalue weighted by atomic mass is 32.1. The zero-order valence-electron chi connectivity index (χ0n) is 7.53. The van der Waals surface area contributed by atoms with Crippen LogP contribution in [-0.2, 0) is 16.1 Å². The van der Waals surface area contributed by atoms with Gasteiger partial charge in [-0.1, -0.05) is 6.07 Å². The first kappa shape index (κ1) is 10.7. The van der Waals surface area contributed by atoms with Gasteiger partial charge in [0.1, 0.15) is 0 Å². The van der Waals surface area contributed by atoms with E-state index in [9.17, 15) is 9.59 Å². The molecule has 0 saturated carbocycles. The fourth-order valence-electron chi connectivity index (χ4n) is 0.908. The second kappa shape index (κ2) is 5.39. The van der Waals surface area contributed by atoms with E-state index < -0.39 is 5.97 Å². The molecule has 2 N–H and O–H groups in total. The highest BCUT2D eigenvalue weighted by molar-refractivity contribution is 7.09. The Morgan fingerprint density at radius 2 is 2.21 bits per heavy atom. The monoisotopic (exact) mass is 213 g/mol. The summed E-state index contributed by atoms with van der Waals surface area (Å²) >= 11 is 1.56. The summed E-state index contributed by atoms with van der Waals surface area (Å²) < 4.78 is 0. The molecule has 0 atom stereocenters. The normalized spacial score (nSPS) is 9.71. The SMILES string of the molecule is O=C(O)CCC(=O)NCc1cccs1. The summed E-state index contributed by atoms with van der Waals surface area (Å²) in [6, 6.07) is 3.82. The summed E-state index contributed by atoms with van der Waals surface area (Å²) in [5.41, 5.74) is 0. The Labute approximate surface area is 85.6 Å². The van der Waals surface area contributed by atoms with Gasteiger partial charge in [0.05, 0.1) is 13.0 Å². The van der Waals surface area contributed by atoms with Gasteiger partial charge in [-0.15, -0.1) is 11.3 Å². The molecule has 0 aliphatic heterocycles. The van der Waals surface area contributed by atoms with Gasteiger partial charge in [-0.25, -0.2) is 0 Å². The van der Waals surface area contributed by atoms with E-state index in [-0.39, 0.29) is 18.7 Å². The number of aliphatic carboxylic acids is 1. The number of rotatable bonds is 5. The van der Waals surface area contributed by atoms with Crippen LogP contribution in [0.4, 0.5) is 0 Å². The number of hydrogen-bond acceptors (Lipinski definition) is 3. The maximum absolute atomic E-state index is 11.1. The molecule has 0 radical (unpaired) electrons. The molecule has 0 spiro atoms. The van der Waals surface area contributed by atoms with Crippen molar-refractivity contribution in [2.75, 3.05) is 0 Å². The average Bonchev–Trinajstić information content (AvgIpc) is 2.63. The summed E-state index contributed by atoms with van der Waals surface area (Å²) in [6.45, 7) is 0.482. The standard InChI is InChI=1S/C9H11NO3S/c11-8(3-4-9(12)13)10-6-7-2-1-5-14-7/h1-2,5H,3-4,6H2,(H,10,11)(H,12,13). The lowest BCUT2D eigenvalue weighted by Crippen LogP contribution is -2.22. The quantitative estimate of drug-likeness (QED) is 0.773. The van der Waals surface area contributed by atoms with E-state index in [1.807, 2.05) is 17.5 Å². The molecule has 1 amide bonds. The fourth-order valence-corrected chi connectivity index (χ4v) is 1.55. The first-order valence-corrected chi connectivity index (χ1v) is 5.07. The third kappa shape index (κ3) is 4.04. The number of carbonyl (C=O) groups excluding carboxylic acids is 1. The number of amides is 1. The van der Waals surface area contributed by atoms with Crippen LogP contribution < -0.4 is 5.32 Å². The van der Waals surface area contributed by atoms with Crippen molar-refractivity contribution in [2.24, 2.45) is 0 Å². The molecule has 0 saturated heterocycles. The molecule has 0 aromatic carbocycles. The molecule has 5 heteroatoms. The van der Waals surface area contributed by atoms with Crippen molar-refractivity contribution >= 4 is 23.2 Å². The van der Waals surface area contributed by atoms with E-state index in [4.69, 9.17) is 5.11 Å². The number of hydrogen-bond donors (Lipinski definition) is 2. The Hall–Kier alpha value is -1.36. The maximum atomic E-state index is 11.1. The van der Waals surface area contributed by atoms with Crippen molar-refractivity contribution in [3.8, 4) is 0 Å². The highest BCUT2D eigenvalue weighted by Gasteiger charge is 2.04. The smallest absolute Gasteiger partial charge is 0.303 e. The Kier molecular flexibility index (Phi) is 4.12. The maximum Gasteiger partial charge on any atom is 0.303 e. The van der Waals surface area contributed by atoms with Crippen LogP contribution >= 0.6 is 11.3 Å². The summed E-state index contributed by atoms with van der Waals surface area (Å²) in [5, 5.41) is 12.9. The lowest BCUT2D eigenvalue weighted by molar-refractivity contribution is -0.138. The van der Waals surface area contributed by atoms with Crippen LogP contribution in [0.25, 0.3) is 0 Å². The molecule has 1 rings (SSSR count). The predicted molar refractivity (Wildman–Crippen MR) is 53.0 cm³/mol. The molecule has 14 heavy (non-hydrogen) atoms. The van der Waals surface area contributed by atoms with Gasteiger partial charge in [-0.3, -0.25) is 9.59 Å². The van der Waals surface area contributed by atoms with Crippen molar-refractivity contribution in [1.82, 2.24) is 5.32 Å². The summed E-state index contributed by atoms with van der Waals surface area (Å²) in [7, 11) is 0. The number of thiophene rings is 1. The van der Waals surface area contributed by atoms with Gasteiger partial charge < -0.3 is 10.4 Å². The largest absolute Gasteiger partial charge is 0.481 e. The van der Waals surface area contributed by atoms with Gasteiger partial charge in [-0.05, 0) is 11.4 Å². The molecule has 0 bridgehead atoms. The van der Waals surface area contributed by atoms with Crippen LogP contribution in [0.15, 0.2) is 17.5 Å². The lowest BCUT2D eigenvalue weighted by Gasteiger charge is -2.01. The van der Waals surface area contributed by atoms with Crippen molar-refractivity contribution in [3.05, 3.63) is 22.4 Å². The predicted octanol–water partition coefficient (Wildman–Crippen LogP) is 1.23. The van der Waals surface area contributed by atoms with E-state index in [1.165, 1.54) is 0 Å². The Morgan fingerprint density at radius 1 is 1.43 bits per heavy atom. The van der Waals surface area contributed by atoms with Crippen LogP contribution in [0.5, 0.6) is 0 Å². The number of carboxylic acid groups (broad SMARTS) is 1. The zero-order valence-corrected chi connectivity index (χ0v) is 8.34. The van der Waals surface area contributed by atoms with Gasteiger partial charge in [0.2, 0.25) is 5.91 Å². The minimum atomic E-state index is -0.948. The molecule has 1 aromatic heterocycles. The van der Waals surface area contributed by atoms with E-state index in [0.29, 0.717) is 6.54 Å². The zero-order chi connectivity index (χ0) is 10.4. The van der Waals surface area contributed by atoms with Crippen LogP contribution in [0.1, 0.15) is 17.7 Å². The van der Waals surface area contributed by atoms with E-state index in [1.54, 1.807) is 11.3 Å². The average molecular weight is 213 g/mol. The molecule has 0 unspecified atom stereocenters. The minimum Gasteiger partial charge on any atom is -0.481 e. The fraction of sp³-hybridized carbons (Fsp3) is 0.333. The van der Waals surface area contributed by atoms with Crippen molar-refractivity contribution in [3.63, 3.8) is 0 Å². The molecular weight excluding hydrogens is 202 g/mol. The minimum absolute atomic E-state index is 0.0424. The summed E-state index contributed by atoms with van der Waals surface area (Å²) in [6.07, 6.45) is -0.0724. The first-order chi connectivity index (χ1) is 6.68. The van der Waals surface area contributed by atoms with Crippen molar-refractivity contribution in [1.29, 1.82) is 0 Å². The summed E-state index contributed by atoms with van der Waals surface area (Å²) in [5.74, 6) is -1.17. The third-order valence-electron chi connectivity index (χ3n) is 1.61. The van der Waals surface area contributed by atoms with E-state index in [2.05, 4.69) is 5.32 Å². The van der Waals surface area contributed by atoms with Crippen molar-refractivity contribution < 1.29 is 14.7 Å². The van der Waals surface area contributed by atoms with E-state index >= 15 is 0 Å². The van der Waals surface area contributed by atoms with Gasteiger partial charge in [-0.2, -0.15) is 0 Å². The van der Waals surface area contributed by atoms with Gasteiger partial charge in [0.25, 0.3) is 0 Å². The molecular formula is C9H11NO3S. The Balaban J connectivity index is 2.18. The van der Waals surface area contributed by atoms with Crippen LogP contribution in [0.3, 0.4) is 0 Å². The molecule has 76 valence electrons. The molecule has 1 aromatic rings. The van der Waals surface area contributed by atoms with Gasteiger partial charge in [0, 0.05) is 11.3 Å². The molecule has 0 fully saturated rings. The van der Waals surface area contributed by atoms with Gasteiger partial charge in [0.15, 0.2) is 0 Å². The Morgan fingerprint density at radius 3 is 2.79 bits per heavy atom. The number of nitrogens with one attached hydrogen (secondary N) is 1. The second-order valence-electron chi connectivity index (χ2n) is 2.75. The van der Waals surface area contributed by atoms with Gasteiger partial charge >= 0.3 is 5.97 Å². The molecule has 4 nitrogen and oxygen atoms in total. The topological polar surface area (TPSA) is 66.4 Å². The van der Waals surface area contributed by atoms with Crippen LogP contribution in [0, 0.1) is 0 Å². The number of carboxylic acids is 1. The Bertz CT molecular complexity index is 308. The number of carbonyl (C=O) groups is 2. The first-order valence-electron chi connectivity index (χ1n) is 4.19. The third-order valence-corrected chi connectivity index (χ3v) is 2.48. The molecule has 0 aliphatic carbocycles. The van der Waals surface area contributed by atoms with Crippen LogP contribution in [-0.4, -0.2) is 17.0 Å². The molecule has 1 heterocycles. The highest BCUT2D eigenvalue weighted by Crippen LogP contribution is 2.07. The molecule has 0 aliphatic rings. The summed E-state index contributed by atoms with van der Waals surface area (Å²) in [4.78, 5) is 22.3. The van der Waals surface area contributed by atoms with E-state index in [0.717, 1.165) is 4.88 Å². The lowest BCUT2D eigenvalue weighted by atomic mass is 10.3. The van der Waals surface area contributed by atoms with Crippen LogP contribution in [0.2, 0.25) is 0 Å².